The van der Waals surface area contributed by atoms with Gasteiger partial charge < -0.3 is 24.1 Å². The first kappa shape index (κ1) is 32.8. The number of carbonyl (C=O) groups excluding carboxylic acids is 4. The average molecular weight is 597 g/mol. The minimum atomic E-state index is -0.997. The lowest BCUT2D eigenvalue weighted by atomic mass is 9.88. The van der Waals surface area contributed by atoms with Crippen LogP contribution in [0.3, 0.4) is 0 Å². The molecule has 2 aliphatic rings. The lowest BCUT2D eigenvalue weighted by molar-refractivity contribution is -0.174. The standard InChI is InChI=1S/C30H41FO9S/c1-6-17(7-2)27(33)37-14-39-29(35)22-20(13-41-19-10-11-21(31)16(5)12-19)26(32)24-23(22)25(24)30(36)40-15-38-28(34)18(8-3)9-4/h10-12,17-18,20,22-26,32H,6-9,13-15H2,1-5H3/t20-,22+,23-,24+,25+,26+/m0/s1. The van der Waals surface area contributed by atoms with Crippen molar-refractivity contribution in [3.63, 3.8) is 0 Å². The number of carbonyl (C=O) groups is 4. The Hall–Kier alpha value is -2.66. The molecule has 6 atom stereocenters. The van der Waals surface area contributed by atoms with E-state index in [0.717, 1.165) is 4.90 Å². The van der Waals surface area contributed by atoms with Crippen molar-refractivity contribution in [2.45, 2.75) is 71.3 Å². The molecule has 1 aromatic rings. The number of esters is 4. The molecule has 1 N–H and O–H groups in total. The van der Waals surface area contributed by atoms with E-state index in [0.29, 0.717) is 37.0 Å². The molecule has 0 bridgehead atoms. The summed E-state index contributed by atoms with van der Waals surface area (Å²) in [6.45, 7) is 8.02. The molecule has 11 heteroatoms. The summed E-state index contributed by atoms with van der Waals surface area (Å²) in [6, 6.07) is 4.68. The van der Waals surface area contributed by atoms with Crippen LogP contribution in [0, 0.1) is 54.2 Å². The first-order valence-corrected chi connectivity index (χ1v) is 15.3. The molecule has 2 saturated carbocycles. The number of halogens is 1. The van der Waals surface area contributed by atoms with Crippen molar-refractivity contribution in [2.24, 2.45) is 41.4 Å². The van der Waals surface area contributed by atoms with Crippen molar-refractivity contribution in [2.75, 3.05) is 19.3 Å². The van der Waals surface area contributed by atoms with Crippen LogP contribution in [-0.4, -0.2) is 54.4 Å². The number of hydrogen-bond donors (Lipinski definition) is 1. The van der Waals surface area contributed by atoms with Crippen LogP contribution in [0.4, 0.5) is 4.39 Å². The fourth-order valence-electron chi connectivity index (χ4n) is 5.76. The fourth-order valence-corrected chi connectivity index (χ4v) is 6.97. The maximum atomic E-state index is 13.7. The first-order chi connectivity index (χ1) is 19.6. The van der Waals surface area contributed by atoms with Crippen molar-refractivity contribution in [1.29, 1.82) is 0 Å². The van der Waals surface area contributed by atoms with Crippen LogP contribution in [0.1, 0.15) is 58.9 Å². The maximum absolute atomic E-state index is 13.7. The van der Waals surface area contributed by atoms with Crippen LogP contribution >= 0.6 is 11.8 Å². The molecule has 41 heavy (non-hydrogen) atoms. The Morgan fingerprint density at radius 2 is 1.34 bits per heavy atom. The van der Waals surface area contributed by atoms with Crippen LogP contribution < -0.4 is 0 Å². The predicted molar refractivity (Wildman–Crippen MR) is 148 cm³/mol. The Labute approximate surface area is 244 Å². The number of rotatable bonds is 15. The van der Waals surface area contributed by atoms with Gasteiger partial charge in [-0.25, -0.2) is 4.39 Å². The maximum Gasteiger partial charge on any atom is 0.312 e. The van der Waals surface area contributed by atoms with Gasteiger partial charge in [0, 0.05) is 22.5 Å². The molecular weight excluding hydrogens is 555 g/mol. The molecule has 9 nitrogen and oxygen atoms in total. The zero-order valence-corrected chi connectivity index (χ0v) is 25.1. The second-order valence-corrected chi connectivity index (χ2v) is 11.8. The number of aliphatic hydroxyl groups is 1. The van der Waals surface area contributed by atoms with Gasteiger partial charge in [-0.2, -0.15) is 0 Å². The zero-order chi connectivity index (χ0) is 30.3. The molecule has 0 radical (unpaired) electrons. The van der Waals surface area contributed by atoms with Crippen LogP contribution in [0.5, 0.6) is 0 Å². The van der Waals surface area contributed by atoms with Crippen LogP contribution in [-0.2, 0) is 38.1 Å². The third-order valence-electron chi connectivity index (χ3n) is 8.40. The van der Waals surface area contributed by atoms with Crippen LogP contribution in [0.25, 0.3) is 0 Å². The molecule has 2 fully saturated rings. The van der Waals surface area contributed by atoms with Crippen LogP contribution in [0.2, 0.25) is 0 Å². The highest BCUT2D eigenvalue weighted by Crippen LogP contribution is 2.64. The normalized spacial score (nSPS) is 24.6. The van der Waals surface area contributed by atoms with E-state index >= 15 is 0 Å². The van der Waals surface area contributed by atoms with Gasteiger partial charge in [-0.15, -0.1) is 11.8 Å². The Balaban J connectivity index is 1.65. The highest BCUT2D eigenvalue weighted by molar-refractivity contribution is 7.99. The molecule has 0 spiro atoms. The summed E-state index contributed by atoms with van der Waals surface area (Å²) in [5.74, 6) is -6.03. The van der Waals surface area contributed by atoms with Gasteiger partial charge in [0.2, 0.25) is 13.6 Å². The van der Waals surface area contributed by atoms with Gasteiger partial charge in [0.25, 0.3) is 0 Å². The summed E-state index contributed by atoms with van der Waals surface area (Å²) in [5, 5.41) is 11.2. The third kappa shape index (κ3) is 7.80. The number of thioether (sulfide) groups is 1. The van der Waals surface area contributed by atoms with E-state index in [2.05, 4.69) is 0 Å². The van der Waals surface area contributed by atoms with E-state index in [9.17, 15) is 28.7 Å². The summed E-state index contributed by atoms with van der Waals surface area (Å²) < 4.78 is 34.4. The van der Waals surface area contributed by atoms with Gasteiger partial charge in [-0.3, -0.25) is 19.2 Å². The summed E-state index contributed by atoms with van der Waals surface area (Å²) in [5.41, 5.74) is 0.479. The largest absolute Gasteiger partial charge is 0.428 e. The Bertz CT molecular complexity index is 1090. The molecule has 1 aromatic carbocycles. The SMILES string of the molecule is CCC(CC)C(=O)OCOC(=O)[C@@H]1[C@H](CSc2ccc(F)c(C)c2)[C@@H](O)[C@H]2[C@H](C(=O)OCOC(=O)C(CC)CC)[C@@H]12. The summed E-state index contributed by atoms with van der Waals surface area (Å²) in [4.78, 5) is 51.1. The van der Waals surface area contributed by atoms with Gasteiger partial charge in [-0.05, 0) is 62.3 Å². The second kappa shape index (κ2) is 15.0. The molecule has 0 heterocycles. The van der Waals surface area contributed by atoms with E-state index in [4.69, 9.17) is 18.9 Å². The van der Waals surface area contributed by atoms with Gasteiger partial charge in [0.1, 0.15) is 5.82 Å². The molecule has 3 rings (SSSR count). The average Bonchev–Trinajstić information content (AvgIpc) is 3.61. The summed E-state index contributed by atoms with van der Waals surface area (Å²) >= 11 is 1.37. The van der Waals surface area contributed by atoms with Gasteiger partial charge >= 0.3 is 23.9 Å². The van der Waals surface area contributed by atoms with Crippen molar-refractivity contribution < 1.29 is 47.6 Å². The lowest BCUT2D eigenvalue weighted by Gasteiger charge is -2.26. The van der Waals surface area contributed by atoms with E-state index in [1.807, 2.05) is 27.7 Å². The molecule has 2 aliphatic carbocycles. The number of hydrogen-bond acceptors (Lipinski definition) is 10. The minimum absolute atomic E-state index is 0.280. The Kier molecular flexibility index (Phi) is 12.0. The molecule has 0 unspecified atom stereocenters. The molecule has 0 amide bonds. The zero-order valence-electron chi connectivity index (χ0n) is 24.3. The number of ether oxygens (including phenoxy) is 4. The van der Waals surface area contributed by atoms with Crippen molar-refractivity contribution in [3.8, 4) is 0 Å². The van der Waals surface area contributed by atoms with Crippen molar-refractivity contribution in [3.05, 3.63) is 29.6 Å². The van der Waals surface area contributed by atoms with Gasteiger partial charge in [0.15, 0.2) is 0 Å². The van der Waals surface area contributed by atoms with Gasteiger partial charge in [-0.1, -0.05) is 27.7 Å². The van der Waals surface area contributed by atoms with E-state index in [1.165, 1.54) is 17.8 Å². The second-order valence-electron chi connectivity index (χ2n) is 10.7. The van der Waals surface area contributed by atoms with Crippen molar-refractivity contribution >= 4 is 35.6 Å². The predicted octanol–water partition coefficient (Wildman–Crippen LogP) is 4.66. The summed E-state index contributed by atoms with van der Waals surface area (Å²) in [7, 11) is 0. The Morgan fingerprint density at radius 3 is 1.83 bits per heavy atom. The van der Waals surface area contributed by atoms with E-state index < -0.39 is 73.2 Å². The van der Waals surface area contributed by atoms with Gasteiger partial charge in [0.05, 0.1) is 29.8 Å². The highest BCUT2D eigenvalue weighted by Gasteiger charge is 2.72. The molecular formula is C30H41FO9S. The Morgan fingerprint density at radius 1 is 0.829 bits per heavy atom. The first-order valence-electron chi connectivity index (χ1n) is 14.3. The topological polar surface area (TPSA) is 125 Å². The molecule has 0 aliphatic heterocycles. The van der Waals surface area contributed by atoms with Crippen molar-refractivity contribution in [1.82, 2.24) is 0 Å². The van der Waals surface area contributed by atoms with E-state index in [-0.39, 0.29) is 17.7 Å². The highest BCUT2D eigenvalue weighted by atomic mass is 32.2. The quantitative estimate of drug-likeness (QED) is 0.174. The number of fused-ring (bicyclic) bond motifs is 1. The minimum Gasteiger partial charge on any atom is -0.428 e. The smallest absolute Gasteiger partial charge is 0.312 e. The summed E-state index contributed by atoms with van der Waals surface area (Å²) in [6.07, 6.45) is 1.41. The molecule has 0 saturated heterocycles. The molecule has 0 aromatic heterocycles. The molecule has 228 valence electrons. The lowest BCUT2D eigenvalue weighted by Crippen LogP contribution is -2.36. The number of aryl methyl sites for hydroxylation is 1. The number of aliphatic hydroxyl groups excluding tert-OH is 1. The third-order valence-corrected chi connectivity index (χ3v) is 9.54. The monoisotopic (exact) mass is 596 g/mol. The van der Waals surface area contributed by atoms with E-state index in [1.54, 1.807) is 19.1 Å². The number of benzene rings is 1. The van der Waals surface area contributed by atoms with Crippen LogP contribution in [0.15, 0.2) is 23.1 Å². The fraction of sp³-hybridized carbons (Fsp3) is 0.667.